The molecular weight excluding hydrogens is 337 g/mol. The van der Waals surface area contributed by atoms with E-state index in [0.717, 1.165) is 6.20 Å². The van der Waals surface area contributed by atoms with Gasteiger partial charge in [-0.25, -0.2) is 12.8 Å². The second kappa shape index (κ2) is 5.92. The average molecular weight is 346 g/mol. The molecule has 0 aliphatic rings. The maximum Gasteiger partial charge on any atom is 0.263 e. The van der Waals surface area contributed by atoms with Crippen LogP contribution in [0.25, 0.3) is 0 Å². The molecule has 2 rings (SSSR count). The number of rotatable bonds is 4. The summed E-state index contributed by atoms with van der Waals surface area (Å²) in [4.78, 5) is 3.42. The van der Waals surface area contributed by atoms with Crippen molar-refractivity contribution < 1.29 is 12.8 Å². The molecule has 2 aromatic rings. The molecule has 0 unspecified atom stereocenters. The summed E-state index contributed by atoms with van der Waals surface area (Å²) in [7, 11) is -4.04. The maximum atomic E-state index is 13.5. The van der Waals surface area contributed by atoms with Gasteiger partial charge in [0, 0.05) is 11.8 Å². The van der Waals surface area contributed by atoms with Crippen molar-refractivity contribution in [1.29, 1.82) is 0 Å². The number of halogens is 2. The Morgan fingerprint density at radius 2 is 2.10 bits per heavy atom. The predicted molar refractivity (Wildman–Crippen MR) is 82.3 cm³/mol. The molecule has 0 atom stereocenters. The summed E-state index contributed by atoms with van der Waals surface area (Å²) in [6, 6.07) is 5.20. The Labute approximate surface area is 131 Å². The number of nitrogens with zero attached hydrogens (tertiary/aromatic N) is 1. The van der Waals surface area contributed by atoms with E-state index in [1.165, 1.54) is 30.5 Å². The lowest BCUT2D eigenvalue weighted by Crippen LogP contribution is -2.15. The molecule has 1 aromatic heterocycles. The molecule has 0 aliphatic carbocycles. The van der Waals surface area contributed by atoms with Crippen LogP contribution in [0, 0.1) is 5.82 Å². The van der Waals surface area contributed by atoms with Crippen LogP contribution in [0.3, 0.4) is 0 Å². The number of aromatic nitrogens is 1. The third-order valence-corrected chi connectivity index (χ3v) is 4.61. The fraction of sp³-hybridized carbons (Fsp3) is 0. The van der Waals surface area contributed by atoms with Gasteiger partial charge in [-0.1, -0.05) is 29.9 Å². The largest absolute Gasteiger partial charge is 0.389 e. The van der Waals surface area contributed by atoms with Crippen molar-refractivity contribution in [2.24, 2.45) is 5.73 Å². The number of anilines is 1. The van der Waals surface area contributed by atoms with Gasteiger partial charge in [0.15, 0.2) is 5.82 Å². The summed E-state index contributed by atoms with van der Waals surface area (Å²) in [6.07, 6.45) is 2.16. The topological polar surface area (TPSA) is 85.1 Å². The molecule has 110 valence electrons. The van der Waals surface area contributed by atoms with Crippen molar-refractivity contribution in [3.8, 4) is 0 Å². The number of thiocarbonyl (C=S) groups is 1. The van der Waals surface area contributed by atoms with Crippen LogP contribution in [-0.4, -0.2) is 18.4 Å². The number of benzene rings is 1. The molecule has 5 nitrogen and oxygen atoms in total. The summed E-state index contributed by atoms with van der Waals surface area (Å²) in [5.74, 6) is -0.794. The van der Waals surface area contributed by atoms with Crippen molar-refractivity contribution >= 4 is 44.5 Å². The van der Waals surface area contributed by atoms with E-state index in [9.17, 15) is 12.8 Å². The van der Waals surface area contributed by atoms with E-state index < -0.39 is 15.8 Å². The molecule has 3 N–H and O–H groups in total. The molecule has 0 saturated carbocycles. The van der Waals surface area contributed by atoms with Crippen molar-refractivity contribution in [3.05, 3.63) is 53.1 Å². The van der Waals surface area contributed by atoms with E-state index >= 15 is 0 Å². The third kappa shape index (κ3) is 3.46. The lowest BCUT2D eigenvalue weighted by atomic mass is 10.2. The Hall–Kier alpha value is -1.77. The van der Waals surface area contributed by atoms with E-state index in [2.05, 4.69) is 9.71 Å². The quantitative estimate of drug-likeness (QED) is 0.830. The Kier molecular flexibility index (Phi) is 4.40. The fourth-order valence-electron chi connectivity index (χ4n) is 1.53. The van der Waals surface area contributed by atoms with E-state index in [1.807, 2.05) is 0 Å². The molecule has 1 heterocycles. The minimum Gasteiger partial charge on any atom is -0.389 e. The summed E-state index contributed by atoms with van der Waals surface area (Å²) in [5, 5.41) is -0.0673. The minimum absolute atomic E-state index is 0.0673. The average Bonchev–Trinajstić information content (AvgIpc) is 2.40. The van der Waals surface area contributed by atoms with E-state index in [-0.39, 0.29) is 20.6 Å². The van der Waals surface area contributed by atoms with Crippen LogP contribution in [0.15, 0.2) is 41.6 Å². The molecule has 9 heteroatoms. The molecule has 1 aromatic carbocycles. The number of hydrogen-bond acceptors (Lipinski definition) is 4. The van der Waals surface area contributed by atoms with Gasteiger partial charge in [0.25, 0.3) is 10.0 Å². The Bertz CT molecular complexity index is 812. The SMILES string of the molecule is NC(=S)c1ccc(S(=O)(=O)Nc2ccncc2F)c(Cl)c1. The van der Waals surface area contributed by atoms with E-state index in [1.54, 1.807) is 0 Å². The highest BCUT2D eigenvalue weighted by Crippen LogP contribution is 2.25. The minimum atomic E-state index is -4.04. The van der Waals surface area contributed by atoms with Gasteiger partial charge in [-0.05, 0) is 18.2 Å². The lowest BCUT2D eigenvalue weighted by Gasteiger charge is -2.10. The fourth-order valence-corrected chi connectivity index (χ4v) is 3.27. The van der Waals surface area contributed by atoms with Crippen LogP contribution in [0.2, 0.25) is 5.02 Å². The van der Waals surface area contributed by atoms with Crippen LogP contribution in [0.1, 0.15) is 5.56 Å². The zero-order valence-corrected chi connectivity index (χ0v) is 12.8. The summed E-state index contributed by atoms with van der Waals surface area (Å²) in [5.41, 5.74) is 5.65. The van der Waals surface area contributed by atoms with Crippen LogP contribution in [0.5, 0.6) is 0 Å². The molecule has 0 fully saturated rings. The first-order valence-corrected chi connectivity index (χ1v) is 7.80. The standard InChI is InChI=1S/C12H9ClFN3O2S2/c13-8-5-7(12(15)20)1-2-11(8)21(18,19)17-10-3-4-16-6-9(10)14/h1-6H,(H2,15,20)(H,16,17). The Morgan fingerprint density at radius 3 is 2.67 bits per heavy atom. The van der Waals surface area contributed by atoms with Gasteiger partial charge >= 0.3 is 0 Å². The van der Waals surface area contributed by atoms with Gasteiger partial charge in [0.1, 0.15) is 9.88 Å². The number of hydrogen-bond donors (Lipinski definition) is 2. The normalized spacial score (nSPS) is 11.1. The molecule has 0 bridgehead atoms. The van der Waals surface area contributed by atoms with Crippen molar-refractivity contribution in [2.45, 2.75) is 4.90 Å². The van der Waals surface area contributed by atoms with Gasteiger partial charge in [0.05, 0.1) is 16.9 Å². The van der Waals surface area contributed by atoms with Crippen molar-refractivity contribution in [1.82, 2.24) is 4.98 Å². The molecule has 0 radical (unpaired) electrons. The summed E-state index contributed by atoms with van der Waals surface area (Å²) >= 11 is 10.7. The lowest BCUT2D eigenvalue weighted by molar-refractivity contribution is 0.598. The predicted octanol–water partition coefficient (Wildman–Crippen LogP) is 2.31. The van der Waals surface area contributed by atoms with Gasteiger partial charge in [-0.15, -0.1) is 0 Å². The molecule has 0 amide bonds. The second-order valence-electron chi connectivity index (χ2n) is 3.97. The van der Waals surface area contributed by atoms with Crippen molar-refractivity contribution in [3.63, 3.8) is 0 Å². The Morgan fingerprint density at radius 1 is 1.38 bits per heavy atom. The van der Waals surface area contributed by atoms with Crippen LogP contribution in [0.4, 0.5) is 10.1 Å². The first-order valence-electron chi connectivity index (χ1n) is 5.53. The molecule has 0 saturated heterocycles. The van der Waals surface area contributed by atoms with E-state index in [0.29, 0.717) is 5.56 Å². The highest BCUT2D eigenvalue weighted by Gasteiger charge is 2.20. The first kappa shape index (κ1) is 15.6. The molecular formula is C12H9ClFN3O2S2. The van der Waals surface area contributed by atoms with Crippen LogP contribution >= 0.6 is 23.8 Å². The Balaban J connectivity index is 2.41. The van der Waals surface area contributed by atoms with E-state index in [4.69, 9.17) is 29.6 Å². The third-order valence-electron chi connectivity index (χ3n) is 2.52. The monoisotopic (exact) mass is 345 g/mol. The van der Waals surface area contributed by atoms with Crippen LogP contribution < -0.4 is 10.5 Å². The maximum absolute atomic E-state index is 13.5. The van der Waals surface area contributed by atoms with Crippen molar-refractivity contribution in [2.75, 3.05) is 4.72 Å². The van der Waals surface area contributed by atoms with Gasteiger partial charge in [0.2, 0.25) is 0 Å². The highest BCUT2D eigenvalue weighted by molar-refractivity contribution is 7.92. The molecule has 0 spiro atoms. The highest BCUT2D eigenvalue weighted by atomic mass is 35.5. The number of sulfonamides is 1. The number of nitrogens with two attached hydrogens (primary N) is 1. The second-order valence-corrected chi connectivity index (χ2v) is 6.47. The summed E-state index contributed by atoms with van der Waals surface area (Å²) in [6.45, 7) is 0. The van der Waals surface area contributed by atoms with Gasteiger partial charge < -0.3 is 5.73 Å². The van der Waals surface area contributed by atoms with Gasteiger partial charge in [-0.3, -0.25) is 9.71 Å². The van der Waals surface area contributed by atoms with Crippen LogP contribution in [-0.2, 0) is 10.0 Å². The number of nitrogens with one attached hydrogen (secondary N) is 1. The summed E-state index contributed by atoms with van der Waals surface area (Å²) < 4.78 is 40.0. The zero-order chi connectivity index (χ0) is 15.6. The molecule has 0 aliphatic heterocycles. The first-order chi connectivity index (χ1) is 9.81. The van der Waals surface area contributed by atoms with Gasteiger partial charge in [-0.2, -0.15) is 0 Å². The smallest absolute Gasteiger partial charge is 0.263 e. The zero-order valence-electron chi connectivity index (χ0n) is 10.4. The molecule has 21 heavy (non-hydrogen) atoms. The number of pyridine rings is 1.